The maximum atomic E-state index is 13.2. The van der Waals surface area contributed by atoms with E-state index < -0.39 is 0 Å². The van der Waals surface area contributed by atoms with Crippen molar-refractivity contribution in [1.82, 2.24) is 0 Å². The lowest BCUT2D eigenvalue weighted by atomic mass is 9.87. The highest BCUT2D eigenvalue weighted by atomic mass is 32.2. The van der Waals surface area contributed by atoms with Gasteiger partial charge in [0.1, 0.15) is 5.82 Å². The molecular weight excluding hydrogens is 233 g/mol. The van der Waals surface area contributed by atoms with Crippen LogP contribution in [0, 0.1) is 11.2 Å². The number of benzene rings is 1. The van der Waals surface area contributed by atoms with Crippen LogP contribution >= 0.6 is 11.8 Å². The van der Waals surface area contributed by atoms with Gasteiger partial charge in [0.15, 0.2) is 0 Å². The second kappa shape index (κ2) is 5.87. The second-order valence-corrected chi connectivity index (χ2v) is 6.65. The Hall–Kier alpha value is -0.540. The maximum Gasteiger partial charge on any atom is 0.124 e. The molecule has 0 amide bonds. The molecule has 1 aromatic carbocycles. The van der Waals surface area contributed by atoms with Crippen LogP contribution < -0.4 is 5.73 Å². The van der Waals surface area contributed by atoms with Crippen molar-refractivity contribution >= 4 is 11.8 Å². The van der Waals surface area contributed by atoms with Gasteiger partial charge in [-0.25, -0.2) is 4.39 Å². The van der Waals surface area contributed by atoms with Crippen molar-refractivity contribution in [2.24, 2.45) is 11.1 Å². The lowest BCUT2D eigenvalue weighted by Gasteiger charge is -2.34. The SMILES string of the molecule is CCC(N)C(Sc1cccc(F)c1)C(C)(C)C. The van der Waals surface area contributed by atoms with Gasteiger partial charge in [-0.05, 0) is 30.0 Å². The number of thioether (sulfide) groups is 1. The molecule has 0 spiro atoms. The summed E-state index contributed by atoms with van der Waals surface area (Å²) in [6, 6.07) is 6.86. The summed E-state index contributed by atoms with van der Waals surface area (Å²) in [4.78, 5) is 0.953. The predicted molar refractivity (Wildman–Crippen MR) is 73.8 cm³/mol. The first kappa shape index (κ1) is 14.5. The highest BCUT2D eigenvalue weighted by Crippen LogP contribution is 2.37. The Kier molecular flexibility index (Phi) is 5.02. The van der Waals surface area contributed by atoms with Crippen LogP contribution in [0.2, 0.25) is 0 Å². The molecule has 1 nitrogen and oxygen atoms in total. The molecule has 2 unspecified atom stereocenters. The minimum atomic E-state index is -0.187. The molecule has 0 saturated carbocycles. The lowest BCUT2D eigenvalue weighted by Crippen LogP contribution is -2.40. The first-order valence-electron chi connectivity index (χ1n) is 6.02. The molecule has 3 heteroatoms. The van der Waals surface area contributed by atoms with Crippen molar-refractivity contribution in [3.05, 3.63) is 30.1 Å². The Morgan fingerprint density at radius 3 is 2.47 bits per heavy atom. The van der Waals surface area contributed by atoms with Crippen molar-refractivity contribution in [1.29, 1.82) is 0 Å². The quantitative estimate of drug-likeness (QED) is 0.821. The Labute approximate surface area is 108 Å². The molecule has 0 aliphatic heterocycles. The molecule has 1 rings (SSSR count). The van der Waals surface area contributed by atoms with E-state index in [0.29, 0.717) is 0 Å². The van der Waals surface area contributed by atoms with Crippen LogP contribution in [0.25, 0.3) is 0 Å². The van der Waals surface area contributed by atoms with Gasteiger partial charge in [-0.3, -0.25) is 0 Å². The maximum absolute atomic E-state index is 13.2. The fourth-order valence-corrected chi connectivity index (χ4v) is 3.16. The van der Waals surface area contributed by atoms with E-state index in [1.807, 2.05) is 6.07 Å². The molecule has 0 aromatic heterocycles. The summed E-state index contributed by atoms with van der Waals surface area (Å²) in [6.45, 7) is 8.63. The summed E-state index contributed by atoms with van der Waals surface area (Å²) in [5.41, 5.74) is 6.28. The molecule has 17 heavy (non-hydrogen) atoms. The summed E-state index contributed by atoms with van der Waals surface area (Å²) < 4.78 is 13.2. The number of rotatable bonds is 4. The highest BCUT2D eigenvalue weighted by molar-refractivity contribution is 8.00. The van der Waals surface area contributed by atoms with E-state index in [1.165, 1.54) is 6.07 Å². The minimum Gasteiger partial charge on any atom is -0.327 e. The molecule has 0 radical (unpaired) electrons. The Balaban J connectivity index is 2.87. The molecule has 96 valence electrons. The Morgan fingerprint density at radius 1 is 1.35 bits per heavy atom. The summed E-state index contributed by atoms with van der Waals surface area (Å²) in [5, 5.41) is 0.286. The van der Waals surface area contributed by atoms with Crippen LogP contribution in [0.5, 0.6) is 0 Å². The van der Waals surface area contributed by atoms with Crippen LogP contribution in [-0.4, -0.2) is 11.3 Å². The van der Waals surface area contributed by atoms with Gasteiger partial charge in [0, 0.05) is 16.2 Å². The number of hydrogen-bond donors (Lipinski definition) is 1. The van der Waals surface area contributed by atoms with Crippen molar-refractivity contribution in [2.75, 3.05) is 0 Å². The van der Waals surface area contributed by atoms with Gasteiger partial charge in [0.2, 0.25) is 0 Å². The summed E-state index contributed by atoms with van der Waals surface area (Å²) in [5.74, 6) is -0.187. The third-order valence-corrected chi connectivity index (χ3v) is 4.61. The van der Waals surface area contributed by atoms with Gasteiger partial charge in [0.25, 0.3) is 0 Å². The van der Waals surface area contributed by atoms with Crippen molar-refractivity contribution < 1.29 is 4.39 Å². The van der Waals surface area contributed by atoms with Gasteiger partial charge in [-0.2, -0.15) is 0 Å². The van der Waals surface area contributed by atoms with Crippen LogP contribution in [0.15, 0.2) is 29.2 Å². The van der Waals surface area contributed by atoms with E-state index >= 15 is 0 Å². The fraction of sp³-hybridized carbons (Fsp3) is 0.571. The first-order chi connectivity index (χ1) is 7.84. The van der Waals surface area contributed by atoms with Crippen molar-refractivity contribution in [3.63, 3.8) is 0 Å². The number of nitrogens with two attached hydrogens (primary N) is 1. The zero-order chi connectivity index (χ0) is 13.1. The van der Waals surface area contributed by atoms with E-state index in [1.54, 1.807) is 23.9 Å². The molecule has 0 heterocycles. The van der Waals surface area contributed by atoms with E-state index in [4.69, 9.17) is 5.73 Å². The molecule has 0 saturated heterocycles. The van der Waals surface area contributed by atoms with Gasteiger partial charge in [-0.1, -0.05) is 33.8 Å². The van der Waals surface area contributed by atoms with Crippen LogP contribution in [0.3, 0.4) is 0 Å². The predicted octanol–water partition coefficient (Wildman–Crippen LogP) is 4.07. The van der Waals surface area contributed by atoms with Gasteiger partial charge < -0.3 is 5.73 Å². The van der Waals surface area contributed by atoms with E-state index in [9.17, 15) is 4.39 Å². The van der Waals surface area contributed by atoms with E-state index in [2.05, 4.69) is 27.7 Å². The molecule has 0 aliphatic rings. The third-order valence-electron chi connectivity index (χ3n) is 2.77. The van der Waals surface area contributed by atoms with Crippen LogP contribution in [-0.2, 0) is 0 Å². The summed E-state index contributed by atoms with van der Waals surface area (Å²) in [7, 11) is 0. The normalized spacial score (nSPS) is 15.6. The molecule has 1 aromatic rings. The highest BCUT2D eigenvalue weighted by Gasteiger charge is 2.30. The summed E-state index contributed by atoms with van der Waals surface area (Å²) >= 11 is 1.68. The minimum absolute atomic E-state index is 0.104. The number of halogens is 1. The Morgan fingerprint density at radius 2 is 2.00 bits per heavy atom. The molecule has 2 N–H and O–H groups in total. The average molecular weight is 255 g/mol. The fourth-order valence-electron chi connectivity index (χ4n) is 1.81. The lowest BCUT2D eigenvalue weighted by molar-refractivity contribution is 0.350. The monoisotopic (exact) mass is 255 g/mol. The molecule has 2 atom stereocenters. The molecule has 0 aliphatic carbocycles. The van der Waals surface area contributed by atoms with Gasteiger partial charge in [-0.15, -0.1) is 11.8 Å². The van der Waals surface area contributed by atoms with Crippen molar-refractivity contribution in [3.8, 4) is 0 Å². The van der Waals surface area contributed by atoms with E-state index in [-0.39, 0.29) is 22.5 Å². The average Bonchev–Trinajstić information content (AvgIpc) is 2.23. The topological polar surface area (TPSA) is 26.0 Å². The zero-order valence-corrected chi connectivity index (χ0v) is 11.9. The van der Waals surface area contributed by atoms with Crippen LogP contribution in [0.4, 0.5) is 4.39 Å². The van der Waals surface area contributed by atoms with Crippen molar-refractivity contribution in [2.45, 2.75) is 50.3 Å². The first-order valence-corrected chi connectivity index (χ1v) is 6.90. The third kappa shape index (κ3) is 4.32. The molecule has 0 fully saturated rings. The number of hydrogen-bond acceptors (Lipinski definition) is 2. The van der Waals surface area contributed by atoms with Gasteiger partial charge >= 0.3 is 0 Å². The zero-order valence-electron chi connectivity index (χ0n) is 11.0. The van der Waals surface area contributed by atoms with E-state index in [0.717, 1.165) is 11.3 Å². The smallest absolute Gasteiger partial charge is 0.124 e. The van der Waals surface area contributed by atoms with Gasteiger partial charge in [0.05, 0.1) is 0 Å². The standard InChI is InChI=1S/C14H22FNS/c1-5-12(16)13(14(2,3)4)17-11-8-6-7-10(15)9-11/h6-9,12-13H,5,16H2,1-4H3. The Bertz CT molecular complexity index is 359. The largest absolute Gasteiger partial charge is 0.327 e. The second-order valence-electron chi connectivity index (χ2n) is 5.43. The summed E-state index contributed by atoms with van der Waals surface area (Å²) in [6.07, 6.45) is 0.935. The van der Waals surface area contributed by atoms with Crippen LogP contribution in [0.1, 0.15) is 34.1 Å². The molecular formula is C14H22FNS. The molecule has 0 bridgehead atoms.